The summed E-state index contributed by atoms with van der Waals surface area (Å²) in [7, 11) is -1.81. The maximum atomic E-state index is 12.6. The van der Waals surface area contributed by atoms with Crippen LogP contribution in [0.5, 0.6) is 0 Å². The summed E-state index contributed by atoms with van der Waals surface area (Å²) in [5, 5.41) is 3.25. The second-order valence-corrected chi connectivity index (χ2v) is 8.60. The standard InChI is InChI=1S/C15H29N3O2S/c1-7-8-16-10-13-9-14(11-17-13)21(19,20)18(6)12(2)15(3,4)5/h9,11-12,16-17H,7-8,10H2,1-6H3. The fraction of sp³-hybridized carbons (Fsp3) is 0.733. The molecule has 0 bridgehead atoms. The molecule has 0 saturated carbocycles. The Balaban J connectivity index is 2.88. The van der Waals surface area contributed by atoms with E-state index in [-0.39, 0.29) is 11.5 Å². The fourth-order valence-electron chi connectivity index (χ4n) is 1.99. The average Bonchev–Trinajstić information content (AvgIpc) is 2.85. The molecule has 5 nitrogen and oxygen atoms in total. The van der Waals surface area contributed by atoms with Gasteiger partial charge in [-0.3, -0.25) is 0 Å². The molecule has 0 aliphatic heterocycles. The van der Waals surface area contributed by atoms with Gasteiger partial charge in [0.05, 0.1) is 4.90 Å². The summed E-state index contributed by atoms with van der Waals surface area (Å²) < 4.78 is 26.8. The molecular formula is C15H29N3O2S. The number of H-pyrrole nitrogens is 1. The molecule has 0 aromatic carbocycles. The van der Waals surface area contributed by atoms with E-state index in [0.717, 1.165) is 18.7 Å². The van der Waals surface area contributed by atoms with Crippen LogP contribution in [0.1, 0.15) is 46.7 Å². The number of nitrogens with one attached hydrogen (secondary N) is 2. The van der Waals surface area contributed by atoms with Crippen LogP contribution in [0.15, 0.2) is 17.2 Å². The first kappa shape index (κ1) is 18.2. The van der Waals surface area contributed by atoms with Crippen molar-refractivity contribution in [1.29, 1.82) is 0 Å². The van der Waals surface area contributed by atoms with Crippen molar-refractivity contribution >= 4 is 10.0 Å². The second kappa shape index (κ2) is 6.94. The monoisotopic (exact) mass is 315 g/mol. The van der Waals surface area contributed by atoms with Gasteiger partial charge in [0.25, 0.3) is 0 Å². The molecule has 6 heteroatoms. The van der Waals surface area contributed by atoms with Gasteiger partial charge in [-0.05, 0) is 31.4 Å². The smallest absolute Gasteiger partial charge is 0.244 e. The number of nitrogens with zero attached hydrogens (tertiary/aromatic N) is 1. The molecule has 1 aromatic rings. The first-order valence-corrected chi connectivity index (χ1v) is 8.90. The summed E-state index contributed by atoms with van der Waals surface area (Å²) in [5.74, 6) is 0. The van der Waals surface area contributed by atoms with Crippen LogP contribution >= 0.6 is 0 Å². The van der Waals surface area contributed by atoms with Gasteiger partial charge in [-0.25, -0.2) is 8.42 Å². The van der Waals surface area contributed by atoms with E-state index >= 15 is 0 Å². The minimum atomic E-state index is -3.46. The van der Waals surface area contributed by atoms with Crippen LogP contribution in [0, 0.1) is 5.41 Å². The zero-order valence-corrected chi connectivity index (χ0v) is 14.8. The van der Waals surface area contributed by atoms with Crippen LogP contribution in [-0.4, -0.2) is 37.3 Å². The van der Waals surface area contributed by atoms with E-state index in [2.05, 4.69) is 17.2 Å². The van der Waals surface area contributed by atoms with Crippen LogP contribution in [0.25, 0.3) is 0 Å². The molecule has 1 heterocycles. The number of aromatic nitrogens is 1. The quantitative estimate of drug-likeness (QED) is 0.760. The third kappa shape index (κ3) is 4.56. The van der Waals surface area contributed by atoms with E-state index in [9.17, 15) is 8.42 Å². The van der Waals surface area contributed by atoms with E-state index in [1.54, 1.807) is 19.3 Å². The van der Waals surface area contributed by atoms with E-state index in [0.29, 0.717) is 11.4 Å². The maximum absolute atomic E-state index is 12.6. The highest BCUT2D eigenvalue weighted by atomic mass is 32.2. The summed E-state index contributed by atoms with van der Waals surface area (Å²) in [6.07, 6.45) is 2.63. The lowest BCUT2D eigenvalue weighted by atomic mass is 9.88. The Morgan fingerprint density at radius 2 is 2.00 bits per heavy atom. The molecule has 0 amide bonds. The largest absolute Gasteiger partial charge is 0.363 e. The van der Waals surface area contributed by atoms with Gasteiger partial charge in [-0.1, -0.05) is 27.7 Å². The lowest BCUT2D eigenvalue weighted by Gasteiger charge is -2.34. The maximum Gasteiger partial charge on any atom is 0.244 e. The van der Waals surface area contributed by atoms with Crippen molar-refractivity contribution in [3.8, 4) is 0 Å². The van der Waals surface area contributed by atoms with Crippen molar-refractivity contribution in [3.05, 3.63) is 18.0 Å². The van der Waals surface area contributed by atoms with E-state index < -0.39 is 10.0 Å². The summed E-state index contributed by atoms with van der Waals surface area (Å²) >= 11 is 0. The van der Waals surface area contributed by atoms with E-state index in [4.69, 9.17) is 0 Å². The van der Waals surface area contributed by atoms with Crippen LogP contribution in [0.3, 0.4) is 0 Å². The van der Waals surface area contributed by atoms with Crippen molar-refractivity contribution in [2.24, 2.45) is 5.41 Å². The Morgan fingerprint density at radius 3 is 2.52 bits per heavy atom. The second-order valence-electron chi connectivity index (χ2n) is 6.60. The first-order valence-electron chi connectivity index (χ1n) is 7.46. The van der Waals surface area contributed by atoms with Gasteiger partial charge in [0, 0.05) is 31.5 Å². The molecule has 1 atom stereocenters. The highest BCUT2D eigenvalue weighted by Gasteiger charge is 2.32. The van der Waals surface area contributed by atoms with Gasteiger partial charge >= 0.3 is 0 Å². The first-order chi connectivity index (χ1) is 9.60. The minimum Gasteiger partial charge on any atom is -0.363 e. The molecule has 0 aliphatic rings. The predicted molar refractivity (Wildman–Crippen MR) is 86.7 cm³/mol. The highest BCUT2D eigenvalue weighted by molar-refractivity contribution is 7.89. The Morgan fingerprint density at radius 1 is 1.38 bits per heavy atom. The number of aromatic amines is 1. The van der Waals surface area contributed by atoms with Gasteiger partial charge in [0.2, 0.25) is 10.0 Å². The third-order valence-corrected chi connectivity index (χ3v) is 5.84. The molecule has 0 aliphatic carbocycles. The van der Waals surface area contributed by atoms with Crippen LogP contribution in [0.4, 0.5) is 0 Å². The SMILES string of the molecule is CCCNCc1cc(S(=O)(=O)N(C)C(C)C(C)(C)C)c[nH]1. The van der Waals surface area contributed by atoms with Crippen molar-refractivity contribution in [2.45, 2.75) is 58.5 Å². The van der Waals surface area contributed by atoms with Gasteiger partial charge in [-0.2, -0.15) is 4.31 Å². The van der Waals surface area contributed by atoms with Gasteiger partial charge < -0.3 is 10.3 Å². The Labute approximate surface area is 129 Å². The molecule has 0 radical (unpaired) electrons. The molecule has 1 unspecified atom stereocenters. The van der Waals surface area contributed by atoms with Crippen LogP contribution in [0.2, 0.25) is 0 Å². The summed E-state index contributed by atoms with van der Waals surface area (Å²) in [6, 6.07) is 1.63. The van der Waals surface area contributed by atoms with Crippen molar-refractivity contribution in [1.82, 2.24) is 14.6 Å². The number of rotatable bonds is 7. The van der Waals surface area contributed by atoms with Crippen LogP contribution in [-0.2, 0) is 16.6 Å². The Hall–Kier alpha value is -0.850. The zero-order valence-electron chi connectivity index (χ0n) is 14.0. The zero-order chi connectivity index (χ0) is 16.3. The molecule has 0 fully saturated rings. The lowest BCUT2D eigenvalue weighted by molar-refractivity contribution is 0.216. The molecule has 2 N–H and O–H groups in total. The van der Waals surface area contributed by atoms with E-state index in [1.807, 2.05) is 27.7 Å². The summed E-state index contributed by atoms with van der Waals surface area (Å²) in [5.41, 5.74) is 0.780. The van der Waals surface area contributed by atoms with Crippen molar-refractivity contribution in [3.63, 3.8) is 0 Å². The molecule has 1 rings (SSSR count). The normalized spacial score (nSPS) is 14.6. The van der Waals surface area contributed by atoms with E-state index in [1.165, 1.54) is 4.31 Å². The molecule has 122 valence electrons. The topological polar surface area (TPSA) is 65.2 Å². The Bertz CT molecular complexity index is 544. The highest BCUT2D eigenvalue weighted by Crippen LogP contribution is 2.27. The molecular weight excluding hydrogens is 286 g/mol. The minimum absolute atomic E-state index is 0.0842. The lowest BCUT2D eigenvalue weighted by Crippen LogP contribution is -2.42. The number of hydrogen-bond acceptors (Lipinski definition) is 3. The van der Waals surface area contributed by atoms with Crippen molar-refractivity contribution < 1.29 is 8.42 Å². The summed E-state index contributed by atoms with van der Waals surface area (Å²) in [6.45, 7) is 11.7. The predicted octanol–water partition coefficient (Wildman–Crippen LogP) is 2.57. The molecule has 0 saturated heterocycles. The number of hydrogen-bond donors (Lipinski definition) is 2. The van der Waals surface area contributed by atoms with Crippen molar-refractivity contribution in [2.75, 3.05) is 13.6 Å². The Kier molecular flexibility index (Phi) is 6.01. The van der Waals surface area contributed by atoms with Gasteiger partial charge in [0.1, 0.15) is 0 Å². The molecule has 0 spiro atoms. The average molecular weight is 315 g/mol. The van der Waals surface area contributed by atoms with Gasteiger partial charge in [-0.15, -0.1) is 0 Å². The molecule has 1 aromatic heterocycles. The number of sulfonamides is 1. The van der Waals surface area contributed by atoms with Gasteiger partial charge in [0.15, 0.2) is 0 Å². The fourth-order valence-corrected chi connectivity index (χ4v) is 3.55. The molecule has 21 heavy (non-hydrogen) atoms. The third-order valence-electron chi connectivity index (χ3n) is 3.93. The van der Waals surface area contributed by atoms with Crippen LogP contribution < -0.4 is 5.32 Å². The summed E-state index contributed by atoms with van der Waals surface area (Å²) in [4.78, 5) is 3.36.